The third-order valence-electron chi connectivity index (χ3n) is 8.98. The van der Waals surface area contributed by atoms with Gasteiger partial charge in [0.2, 0.25) is 5.95 Å². The molecule has 1 aromatic heterocycles. The Labute approximate surface area is 266 Å². The molecular weight excluding hydrogens is 582 g/mol. The Morgan fingerprint density at radius 2 is 1.64 bits per heavy atom. The molecule has 4 aromatic rings. The second kappa shape index (κ2) is 12.0. The molecule has 6 rings (SSSR count). The van der Waals surface area contributed by atoms with Crippen LogP contribution in [0, 0.1) is 19.8 Å². The standard InChI is InChI=1S/C36H41N5O3S/c1-23-8-6-9-24(2)33(23)32-20-29-18-27-22-41(21-25-12-14-28(15-13-25)36(3,4)5)17-16-31(27)38-34(42)26-10-7-11-30(19-26)45(43,44)40-35(37-29)39-32/h6-15,19-20,27,31H,16-18,21-22H2,1-5H3,(H,38,42)(H,37,39,40). The predicted molar refractivity (Wildman–Crippen MR) is 178 cm³/mol. The summed E-state index contributed by atoms with van der Waals surface area (Å²) >= 11 is 0. The molecule has 2 unspecified atom stereocenters. The minimum atomic E-state index is -4.05. The molecule has 1 saturated heterocycles. The first kappa shape index (κ1) is 30.9. The molecule has 3 heterocycles. The van der Waals surface area contributed by atoms with Crippen LogP contribution in [0.3, 0.4) is 0 Å². The summed E-state index contributed by atoms with van der Waals surface area (Å²) < 4.78 is 29.6. The van der Waals surface area contributed by atoms with Crippen LogP contribution < -0.4 is 10.0 Å². The highest BCUT2D eigenvalue weighted by Crippen LogP contribution is 2.31. The number of nitrogens with zero attached hydrogens (tertiary/aromatic N) is 3. The summed E-state index contributed by atoms with van der Waals surface area (Å²) in [6, 6.07) is 22.9. The molecule has 8 nitrogen and oxygen atoms in total. The van der Waals surface area contributed by atoms with E-state index in [1.54, 1.807) is 12.1 Å². The van der Waals surface area contributed by atoms with E-state index in [1.165, 1.54) is 23.3 Å². The van der Waals surface area contributed by atoms with E-state index in [0.29, 0.717) is 17.7 Å². The summed E-state index contributed by atoms with van der Waals surface area (Å²) in [5.41, 5.74) is 7.42. The van der Waals surface area contributed by atoms with Crippen molar-refractivity contribution >= 4 is 21.9 Å². The van der Waals surface area contributed by atoms with Gasteiger partial charge in [0.1, 0.15) is 0 Å². The molecule has 234 valence electrons. The molecule has 1 amide bonds. The average Bonchev–Trinajstić information content (AvgIpc) is 2.98. The lowest BCUT2D eigenvalue weighted by Crippen LogP contribution is -2.51. The average molecular weight is 624 g/mol. The number of carbonyl (C=O) groups excluding carboxylic acids is 1. The Balaban J connectivity index is 1.38. The van der Waals surface area contributed by atoms with Crippen molar-refractivity contribution in [1.82, 2.24) is 20.2 Å². The van der Waals surface area contributed by atoms with Gasteiger partial charge in [0.05, 0.1) is 10.6 Å². The normalized spacial score (nSPS) is 20.1. The Hall–Kier alpha value is -4.08. The summed E-state index contributed by atoms with van der Waals surface area (Å²) in [7, 11) is -4.05. The highest BCUT2D eigenvalue weighted by molar-refractivity contribution is 7.92. The van der Waals surface area contributed by atoms with Crippen LogP contribution >= 0.6 is 0 Å². The molecule has 1 fully saturated rings. The highest BCUT2D eigenvalue weighted by Gasteiger charge is 2.32. The Morgan fingerprint density at radius 1 is 0.933 bits per heavy atom. The van der Waals surface area contributed by atoms with Crippen LogP contribution in [0.4, 0.5) is 5.95 Å². The lowest BCUT2D eigenvalue weighted by molar-refractivity contribution is 0.0843. The summed E-state index contributed by atoms with van der Waals surface area (Å²) in [4.78, 5) is 25.3. The van der Waals surface area contributed by atoms with Gasteiger partial charge >= 0.3 is 0 Å². The van der Waals surface area contributed by atoms with Crippen molar-refractivity contribution in [3.63, 3.8) is 0 Å². The number of hydrogen-bond acceptors (Lipinski definition) is 6. The van der Waals surface area contributed by atoms with E-state index >= 15 is 0 Å². The maximum Gasteiger partial charge on any atom is 0.264 e. The number of amides is 1. The van der Waals surface area contributed by atoms with Crippen molar-refractivity contribution < 1.29 is 13.2 Å². The number of piperidine rings is 1. The fourth-order valence-corrected chi connectivity index (χ4v) is 7.50. The maximum absolute atomic E-state index is 13.5. The van der Waals surface area contributed by atoms with Crippen LogP contribution in [0.15, 0.2) is 77.7 Å². The van der Waals surface area contributed by atoms with E-state index in [1.807, 2.05) is 38.1 Å². The minimum absolute atomic E-state index is 0.0131. The molecule has 2 N–H and O–H groups in total. The number of hydrogen-bond donors (Lipinski definition) is 2. The van der Waals surface area contributed by atoms with E-state index in [-0.39, 0.29) is 34.1 Å². The number of anilines is 1. The van der Waals surface area contributed by atoms with Gasteiger partial charge in [-0.15, -0.1) is 0 Å². The zero-order chi connectivity index (χ0) is 31.9. The van der Waals surface area contributed by atoms with Gasteiger partial charge in [0.15, 0.2) is 0 Å². The van der Waals surface area contributed by atoms with E-state index in [9.17, 15) is 13.2 Å². The van der Waals surface area contributed by atoms with E-state index < -0.39 is 10.0 Å². The predicted octanol–water partition coefficient (Wildman–Crippen LogP) is 6.04. The van der Waals surface area contributed by atoms with Gasteiger partial charge < -0.3 is 5.32 Å². The quantitative estimate of drug-likeness (QED) is 0.289. The molecule has 45 heavy (non-hydrogen) atoms. The highest BCUT2D eigenvalue weighted by atomic mass is 32.2. The van der Waals surface area contributed by atoms with Crippen LogP contribution in [-0.4, -0.2) is 48.3 Å². The second-order valence-corrected chi connectivity index (χ2v) is 15.2. The van der Waals surface area contributed by atoms with Gasteiger partial charge in [0.25, 0.3) is 15.9 Å². The second-order valence-electron chi connectivity index (χ2n) is 13.5. The van der Waals surface area contributed by atoms with Crippen molar-refractivity contribution in [2.75, 3.05) is 17.8 Å². The van der Waals surface area contributed by atoms with Gasteiger partial charge in [-0.1, -0.05) is 69.3 Å². The SMILES string of the molecule is Cc1cccc(C)c1-c1cc2nc(n1)NS(=O)(=O)c1cccc(c1)C(=O)NC1CCN(Cc3ccc(C(C)(C)C)cc3)CC1C2. The number of rotatable bonds is 3. The summed E-state index contributed by atoms with van der Waals surface area (Å²) in [5, 5.41) is 3.25. The molecule has 4 bridgehead atoms. The molecule has 0 aliphatic carbocycles. The molecule has 0 radical (unpaired) electrons. The Bertz CT molecular complexity index is 1830. The number of aryl methyl sites for hydroxylation is 2. The first-order chi connectivity index (χ1) is 21.4. The summed E-state index contributed by atoms with van der Waals surface area (Å²) in [6.07, 6.45) is 1.32. The number of carbonyl (C=O) groups is 1. The molecular formula is C36H41N5O3S. The van der Waals surface area contributed by atoms with Crippen molar-refractivity contribution in [2.45, 2.75) is 70.4 Å². The molecule has 2 aliphatic heterocycles. The van der Waals surface area contributed by atoms with Crippen LogP contribution in [0.5, 0.6) is 0 Å². The zero-order valence-corrected chi connectivity index (χ0v) is 27.4. The number of likely N-dealkylation sites (tertiary alicyclic amines) is 1. The first-order valence-electron chi connectivity index (χ1n) is 15.6. The van der Waals surface area contributed by atoms with Gasteiger partial charge in [-0.05, 0) is 84.5 Å². The van der Waals surface area contributed by atoms with Gasteiger partial charge in [-0.3, -0.25) is 9.69 Å². The summed E-state index contributed by atoms with van der Waals surface area (Å²) in [6.45, 7) is 13.1. The Morgan fingerprint density at radius 3 is 2.36 bits per heavy atom. The lowest BCUT2D eigenvalue weighted by atomic mass is 9.86. The van der Waals surface area contributed by atoms with Crippen LogP contribution in [0.1, 0.15) is 65.5 Å². The van der Waals surface area contributed by atoms with Crippen molar-refractivity contribution in [2.24, 2.45) is 5.92 Å². The smallest absolute Gasteiger partial charge is 0.264 e. The van der Waals surface area contributed by atoms with Gasteiger partial charge in [-0.2, -0.15) is 0 Å². The molecule has 2 aliphatic rings. The van der Waals surface area contributed by atoms with Crippen molar-refractivity contribution in [3.8, 4) is 11.3 Å². The molecule has 9 heteroatoms. The largest absolute Gasteiger partial charge is 0.349 e. The Kier molecular flexibility index (Phi) is 8.26. The maximum atomic E-state index is 13.5. The van der Waals surface area contributed by atoms with Crippen LogP contribution in [0.25, 0.3) is 11.3 Å². The fourth-order valence-electron chi connectivity index (χ4n) is 6.51. The van der Waals surface area contributed by atoms with Crippen LogP contribution in [-0.2, 0) is 28.4 Å². The van der Waals surface area contributed by atoms with Gasteiger partial charge in [0, 0.05) is 42.5 Å². The number of benzene rings is 3. The van der Waals surface area contributed by atoms with E-state index in [0.717, 1.165) is 48.4 Å². The number of nitrogens with one attached hydrogen (secondary N) is 2. The van der Waals surface area contributed by atoms with E-state index in [2.05, 4.69) is 60.0 Å². The van der Waals surface area contributed by atoms with E-state index in [4.69, 9.17) is 9.97 Å². The van der Waals surface area contributed by atoms with Gasteiger partial charge in [-0.25, -0.2) is 23.1 Å². The monoisotopic (exact) mass is 623 g/mol. The third-order valence-corrected chi connectivity index (χ3v) is 10.3. The van der Waals surface area contributed by atoms with Crippen molar-refractivity contribution in [3.05, 3.63) is 106 Å². The zero-order valence-electron chi connectivity index (χ0n) is 26.6. The molecule has 0 saturated carbocycles. The first-order valence-corrected chi connectivity index (χ1v) is 17.0. The number of aromatic nitrogens is 2. The molecule has 0 spiro atoms. The molecule has 3 aromatic carbocycles. The third kappa shape index (κ3) is 6.79. The summed E-state index contributed by atoms with van der Waals surface area (Å²) in [5.74, 6) is -0.204. The minimum Gasteiger partial charge on any atom is -0.349 e. The van der Waals surface area contributed by atoms with Crippen LogP contribution in [0.2, 0.25) is 0 Å². The topological polar surface area (TPSA) is 104 Å². The molecule has 2 atom stereocenters. The fraction of sp³-hybridized carbons (Fsp3) is 0.361. The number of fused-ring (bicyclic) bond motifs is 5. The van der Waals surface area contributed by atoms with Crippen molar-refractivity contribution in [1.29, 1.82) is 0 Å². The lowest BCUT2D eigenvalue weighted by Gasteiger charge is -2.39. The number of sulfonamides is 1.